The largest absolute Gasteiger partial charge is 0.481 e. The van der Waals surface area contributed by atoms with Crippen LogP contribution in [0, 0.1) is 0 Å². The van der Waals surface area contributed by atoms with E-state index in [0.717, 1.165) is 16.9 Å². The van der Waals surface area contributed by atoms with E-state index in [1.54, 1.807) is 16.7 Å². The number of thioether (sulfide) groups is 1. The number of carbonyl (C=O) groups excluding carboxylic acids is 2. The van der Waals surface area contributed by atoms with Crippen LogP contribution in [0.1, 0.15) is 43.2 Å². The summed E-state index contributed by atoms with van der Waals surface area (Å²) in [5.41, 5.74) is 4.62. The molecular weight excluding hydrogens is 452 g/mol. The molecule has 1 aliphatic carbocycles. The van der Waals surface area contributed by atoms with Crippen molar-refractivity contribution in [2.75, 3.05) is 24.7 Å². The summed E-state index contributed by atoms with van der Waals surface area (Å²) in [7, 11) is 0. The summed E-state index contributed by atoms with van der Waals surface area (Å²) in [6, 6.07) is 15.6. The summed E-state index contributed by atoms with van der Waals surface area (Å²) in [5, 5.41) is 12.0. The van der Waals surface area contributed by atoms with Crippen molar-refractivity contribution < 1.29 is 24.2 Å². The Labute approximate surface area is 203 Å². The number of ether oxygens (including phenoxy) is 1. The lowest BCUT2D eigenvalue weighted by atomic mass is 9.98. The molecule has 2 amide bonds. The topological polar surface area (TPSA) is 95.9 Å². The number of nitrogens with one attached hydrogen (secondary N) is 1. The minimum atomic E-state index is -0.908. The van der Waals surface area contributed by atoms with Gasteiger partial charge in [0.15, 0.2) is 0 Å². The molecule has 2 aromatic carbocycles. The molecule has 0 saturated carbocycles. The third-order valence-electron chi connectivity index (χ3n) is 6.54. The standard InChI is InChI=1S/C26H30N2O5S/c1-2-17(13-24(29)28-11-12-34-16-18(28)14-25(30)31)27-26(32)33-15-23-21-9-5-3-7-19(21)20-8-4-6-10-22(20)23/h3-10,17-18,23H,2,11-16H2,1H3,(H,27,32)(H,30,31)/t17-,18?/m1/s1. The second kappa shape index (κ2) is 11.0. The molecule has 0 aromatic heterocycles. The number of carboxylic acid groups (broad SMARTS) is 1. The Morgan fingerprint density at radius 2 is 1.76 bits per heavy atom. The molecule has 2 atom stereocenters. The van der Waals surface area contributed by atoms with Crippen molar-refractivity contribution >= 4 is 29.7 Å². The maximum Gasteiger partial charge on any atom is 0.407 e. The third kappa shape index (κ3) is 5.38. The molecule has 1 fully saturated rings. The van der Waals surface area contributed by atoms with E-state index in [4.69, 9.17) is 9.84 Å². The Hall–Kier alpha value is -3.00. The highest BCUT2D eigenvalue weighted by Crippen LogP contribution is 2.44. The van der Waals surface area contributed by atoms with Crippen molar-refractivity contribution in [1.82, 2.24) is 10.2 Å². The SMILES string of the molecule is CC[C@H](CC(=O)N1CCSCC1CC(=O)O)NC(=O)OCC1c2ccccc2-c2ccccc21. The van der Waals surface area contributed by atoms with Gasteiger partial charge in [0.1, 0.15) is 6.61 Å². The second-order valence-electron chi connectivity index (χ2n) is 8.69. The van der Waals surface area contributed by atoms with E-state index in [1.165, 1.54) is 11.1 Å². The predicted molar refractivity (Wildman–Crippen MR) is 132 cm³/mol. The molecule has 2 aliphatic rings. The van der Waals surface area contributed by atoms with Gasteiger partial charge >= 0.3 is 12.1 Å². The number of hydrogen-bond acceptors (Lipinski definition) is 5. The predicted octanol–water partition coefficient (Wildman–Crippen LogP) is 4.11. The van der Waals surface area contributed by atoms with Gasteiger partial charge < -0.3 is 20.1 Å². The van der Waals surface area contributed by atoms with Crippen molar-refractivity contribution in [2.24, 2.45) is 0 Å². The molecule has 34 heavy (non-hydrogen) atoms. The second-order valence-corrected chi connectivity index (χ2v) is 9.84. The summed E-state index contributed by atoms with van der Waals surface area (Å²) in [4.78, 5) is 38.4. The van der Waals surface area contributed by atoms with Gasteiger partial charge in [0.25, 0.3) is 0 Å². The van der Waals surface area contributed by atoms with Crippen LogP contribution in [0.3, 0.4) is 0 Å². The van der Waals surface area contributed by atoms with Gasteiger partial charge in [0.2, 0.25) is 5.91 Å². The van der Waals surface area contributed by atoms with Crippen LogP contribution in [0.2, 0.25) is 0 Å². The zero-order valence-corrected chi connectivity index (χ0v) is 20.1. The van der Waals surface area contributed by atoms with E-state index in [9.17, 15) is 14.4 Å². The maximum atomic E-state index is 12.9. The van der Waals surface area contributed by atoms with Crippen LogP contribution in [0.15, 0.2) is 48.5 Å². The number of nitrogens with zero attached hydrogens (tertiary/aromatic N) is 1. The normalized spacial score (nSPS) is 18.0. The maximum absolute atomic E-state index is 12.9. The van der Waals surface area contributed by atoms with E-state index < -0.39 is 12.1 Å². The van der Waals surface area contributed by atoms with Crippen LogP contribution in [-0.4, -0.2) is 64.7 Å². The summed E-state index contributed by atoms with van der Waals surface area (Å²) in [5.74, 6) is 0.349. The zero-order valence-electron chi connectivity index (χ0n) is 19.2. The van der Waals surface area contributed by atoms with Crippen molar-refractivity contribution in [2.45, 2.75) is 44.2 Å². The molecule has 1 aliphatic heterocycles. The number of hydrogen-bond donors (Lipinski definition) is 2. The minimum Gasteiger partial charge on any atom is -0.481 e. The molecular formula is C26H30N2O5S. The minimum absolute atomic E-state index is 0.0255. The highest BCUT2D eigenvalue weighted by molar-refractivity contribution is 7.99. The van der Waals surface area contributed by atoms with Gasteiger partial charge in [-0.15, -0.1) is 0 Å². The highest BCUT2D eigenvalue weighted by atomic mass is 32.2. The summed E-state index contributed by atoms with van der Waals surface area (Å²) in [6.07, 6.45) is 0.0941. The fourth-order valence-corrected chi connectivity index (χ4v) is 5.85. The Bertz CT molecular complexity index is 1010. The molecule has 1 unspecified atom stereocenters. The Morgan fingerprint density at radius 1 is 1.12 bits per heavy atom. The number of alkyl carbamates (subject to hydrolysis) is 1. The molecule has 7 nitrogen and oxygen atoms in total. The van der Waals surface area contributed by atoms with E-state index >= 15 is 0 Å². The van der Waals surface area contributed by atoms with Gasteiger partial charge in [0.05, 0.1) is 12.5 Å². The molecule has 0 radical (unpaired) electrons. The van der Waals surface area contributed by atoms with Crippen LogP contribution in [0.4, 0.5) is 4.79 Å². The Kier molecular flexibility index (Phi) is 7.77. The van der Waals surface area contributed by atoms with Gasteiger partial charge in [-0.2, -0.15) is 11.8 Å². The third-order valence-corrected chi connectivity index (χ3v) is 7.63. The fraction of sp³-hybridized carbons (Fsp3) is 0.423. The van der Waals surface area contributed by atoms with Gasteiger partial charge in [0, 0.05) is 36.4 Å². The smallest absolute Gasteiger partial charge is 0.407 e. The fourth-order valence-electron chi connectivity index (χ4n) is 4.79. The Balaban J connectivity index is 1.34. The molecule has 8 heteroatoms. The number of carbonyl (C=O) groups is 3. The first-order chi connectivity index (χ1) is 16.5. The van der Waals surface area contributed by atoms with Crippen LogP contribution in [0.5, 0.6) is 0 Å². The van der Waals surface area contributed by atoms with Crippen molar-refractivity contribution in [3.05, 3.63) is 59.7 Å². The quantitative estimate of drug-likeness (QED) is 0.588. The van der Waals surface area contributed by atoms with E-state index in [1.807, 2.05) is 31.2 Å². The number of rotatable bonds is 8. The van der Waals surface area contributed by atoms with Crippen LogP contribution >= 0.6 is 11.8 Å². The van der Waals surface area contributed by atoms with E-state index in [0.29, 0.717) is 18.7 Å². The van der Waals surface area contributed by atoms with Gasteiger partial charge in [-0.05, 0) is 28.7 Å². The first kappa shape index (κ1) is 24.1. The summed E-state index contributed by atoms with van der Waals surface area (Å²) in [6.45, 7) is 2.65. The number of amides is 2. The molecule has 0 spiro atoms. The van der Waals surface area contributed by atoms with Crippen LogP contribution < -0.4 is 5.32 Å². The summed E-state index contributed by atoms with van der Waals surface area (Å²) >= 11 is 1.66. The van der Waals surface area contributed by atoms with Gasteiger partial charge in [-0.3, -0.25) is 9.59 Å². The first-order valence-corrected chi connectivity index (χ1v) is 12.8. The van der Waals surface area contributed by atoms with E-state index in [-0.39, 0.29) is 43.4 Å². The molecule has 2 aromatic rings. The Morgan fingerprint density at radius 3 is 2.38 bits per heavy atom. The molecule has 2 N–H and O–H groups in total. The monoisotopic (exact) mass is 482 g/mol. The molecule has 4 rings (SSSR count). The lowest BCUT2D eigenvalue weighted by Gasteiger charge is -2.35. The first-order valence-electron chi connectivity index (χ1n) is 11.7. The average Bonchev–Trinajstić information content (AvgIpc) is 3.16. The van der Waals surface area contributed by atoms with E-state index in [2.05, 4.69) is 29.6 Å². The molecule has 0 bridgehead atoms. The number of carboxylic acids is 1. The molecule has 1 saturated heterocycles. The number of aliphatic carboxylic acids is 1. The van der Waals surface area contributed by atoms with Crippen LogP contribution in [-0.2, 0) is 14.3 Å². The zero-order chi connectivity index (χ0) is 24.1. The van der Waals surface area contributed by atoms with Crippen molar-refractivity contribution in [1.29, 1.82) is 0 Å². The lowest BCUT2D eigenvalue weighted by Crippen LogP contribution is -2.49. The number of fused-ring (bicyclic) bond motifs is 3. The lowest BCUT2D eigenvalue weighted by molar-refractivity contribution is -0.140. The average molecular weight is 483 g/mol. The number of benzene rings is 2. The van der Waals surface area contributed by atoms with Gasteiger partial charge in [-0.1, -0.05) is 55.5 Å². The molecule has 1 heterocycles. The summed E-state index contributed by atoms with van der Waals surface area (Å²) < 4.78 is 5.62. The van der Waals surface area contributed by atoms with Gasteiger partial charge in [-0.25, -0.2) is 4.79 Å². The van der Waals surface area contributed by atoms with Crippen molar-refractivity contribution in [3.63, 3.8) is 0 Å². The molecule has 180 valence electrons. The highest BCUT2D eigenvalue weighted by Gasteiger charge is 2.31. The van der Waals surface area contributed by atoms with Crippen LogP contribution in [0.25, 0.3) is 11.1 Å². The van der Waals surface area contributed by atoms with Crippen molar-refractivity contribution in [3.8, 4) is 11.1 Å².